The first-order chi connectivity index (χ1) is 8.67. The zero-order valence-corrected chi connectivity index (χ0v) is 11.5. The van der Waals surface area contributed by atoms with Gasteiger partial charge in [0, 0.05) is 4.88 Å². The number of nitrogens with two attached hydrogens (primary N) is 1. The Balaban J connectivity index is 2.56. The Morgan fingerprint density at radius 3 is 2.50 bits per heavy atom. The van der Waals surface area contributed by atoms with E-state index in [2.05, 4.69) is 44.2 Å². The third-order valence-electron chi connectivity index (χ3n) is 2.96. The quantitative estimate of drug-likeness (QED) is 0.897. The van der Waals surface area contributed by atoms with Gasteiger partial charge in [-0.15, -0.1) is 11.3 Å². The minimum absolute atomic E-state index is 0.633. The highest BCUT2D eigenvalue weighted by molar-refractivity contribution is 7.16. The number of rotatable bonds is 3. The molecule has 18 heavy (non-hydrogen) atoms. The zero-order valence-electron chi connectivity index (χ0n) is 10.7. The Kier molecular flexibility index (Phi) is 3.69. The number of hydrogen-bond donors (Lipinski definition) is 1. The van der Waals surface area contributed by atoms with Crippen molar-refractivity contribution in [1.82, 2.24) is 0 Å². The molecule has 0 fully saturated rings. The summed E-state index contributed by atoms with van der Waals surface area (Å²) in [4.78, 5) is 1.78. The van der Waals surface area contributed by atoms with E-state index in [0.29, 0.717) is 10.6 Å². The second-order valence-corrected chi connectivity index (χ2v) is 5.40. The number of nitrogen functional groups attached to an aromatic ring is 1. The lowest BCUT2D eigenvalue weighted by Gasteiger charge is -2.04. The summed E-state index contributed by atoms with van der Waals surface area (Å²) in [6.45, 7) is 4.20. The van der Waals surface area contributed by atoms with Gasteiger partial charge in [-0.3, -0.25) is 0 Å². The van der Waals surface area contributed by atoms with E-state index >= 15 is 0 Å². The van der Waals surface area contributed by atoms with Crippen LogP contribution in [0, 0.1) is 18.3 Å². The molecule has 2 aromatic rings. The van der Waals surface area contributed by atoms with Gasteiger partial charge in [-0.25, -0.2) is 0 Å². The standard InChI is InChI=1S/C15H16N2S/c1-3-4-12-14(17)13(9-16)18-15(12)11-7-5-10(2)6-8-11/h5-8H,3-4,17H2,1-2H3. The smallest absolute Gasteiger partial charge is 0.128 e. The second-order valence-electron chi connectivity index (χ2n) is 4.38. The van der Waals surface area contributed by atoms with Crippen molar-refractivity contribution < 1.29 is 0 Å². The maximum absolute atomic E-state index is 9.10. The van der Waals surface area contributed by atoms with Crippen LogP contribution in [0.25, 0.3) is 10.4 Å². The summed E-state index contributed by atoms with van der Waals surface area (Å²) in [5, 5.41) is 9.10. The highest BCUT2D eigenvalue weighted by Crippen LogP contribution is 2.39. The van der Waals surface area contributed by atoms with Crippen molar-refractivity contribution in [3.63, 3.8) is 0 Å². The van der Waals surface area contributed by atoms with Crippen molar-refractivity contribution in [3.8, 4) is 16.5 Å². The van der Waals surface area contributed by atoms with Gasteiger partial charge in [-0.05, 0) is 24.5 Å². The van der Waals surface area contributed by atoms with Gasteiger partial charge >= 0.3 is 0 Å². The SMILES string of the molecule is CCCc1c(-c2ccc(C)cc2)sc(C#N)c1N. The van der Waals surface area contributed by atoms with Gasteiger partial charge in [-0.2, -0.15) is 5.26 Å². The van der Waals surface area contributed by atoms with Crippen LogP contribution in [-0.2, 0) is 6.42 Å². The third kappa shape index (κ3) is 2.25. The van der Waals surface area contributed by atoms with Gasteiger partial charge in [0.15, 0.2) is 0 Å². The topological polar surface area (TPSA) is 49.8 Å². The maximum atomic E-state index is 9.10. The predicted octanol–water partition coefficient (Wildman–Crippen LogP) is 4.13. The van der Waals surface area contributed by atoms with Crippen LogP contribution in [-0.4, -0.2) is 0 Å². The number of nitriles is 1. The van der Waals surface area contributed by atoms with Crippen LogP contribution in [0.2, 0.25) is 0 Å². The number of anilines is 1. The van der Waals surface area contributed by atoms with Gasteiger partial charge in [0.1, 0.15) is 10.9 Å². The zero-order chi connectivity index (χ0) is 13.1. The number of hydrogen-bond acceptors (Lipinski definition) is 3. The summed E-state index contributed by atoms with van der Waals surface area (Å²) in [5.41, 5.74) is 10.2. The molecule has 0 saturated heterocycles. The molecule has 1 aromatic carbocycles. The Labute approximate surface area is 112 Å². The summed E-state index contributed by atoms with van der Waals surface area (Å²) in [5.74, 6) is 0. The molecule has 0 amide bonds. The summed E-state index contributed by atoms with van der Waals surface area (Å²) in [6.07, 6.45) is 1.96. The summed E-state index contributed by atoms with van der Waals surface area (Å²) < 4.78 is 0. The first kappa shape index (κ1) is 12.7. The molecular formula is C15H16N2S. The molecule has 0 aliphatic heterocycles. The van der Waals surface area contributed by atoms with Gasteiger partial charge < -0.3 is 5.73 Å². The normalized spacial score (nSPS) is 10.3. The predicted molar refractivity (Wildman–Crippen MR) is 77.6 cm³/mol. The van der Waals surface area contributed by atoms with E-state index in [9.17, 15) is 0 Å². The molecule has 0 aliphatic rings. The molecule has 1 aromatic heterocycles. The average Bonchev–Trinajstić information content (AvgIpc) is 2.69. The first-order valence-corrected chi connectivity index (χ1v) is 6.87. The molecule has 2 N–H and O–H groups in total. The van der Waals surface area contributed by atoms with Gasteiger partial charge in [-0.1, -0.05) is 43.2 Å². The van der Waals surface area contributed by atoms with Crippen LogP contribution in [0.3, 0.4) is 0 Å². The molecule has 1 heterocycles. The molecule has 0 bridgehead atoms. The van der Waals surface area contributed by atoms with Crippen molar-refractivity contribution in [2.24, 2.45) is 0 Å². The number of aryl methyl sites for hydroxylation is 1. The van der Waals surface area contributed by atoms with E-state index in [-0.39, 0.29) is 0 Å². The molecular weight excluding hydrogens is 240 g/mol. The third-order valence-corrected chi connectivity index (χ3v) is 4.16. The van der Waals surface area contributed by atoms with Gasteiger partial charge in [0.25, 0.3) is 0 Å². The molecule has 0 saturated carbocycles. The average molecular weight is 256 g/mol. The molecule has 0 unspecified atom stereocenters. The monoisotopic (exact) mass is 256 g/mol. The summed E-state index contributed by atoms with van der Waals surface area (Å²) in [6, 6.07) is 10.6. The maximum Gasteiger partial charge on any atom is 0.128 e. The molecule has 92 valence electrons. The van der Waals surface area contributed by atoms with Crippen molar-refractivity contribution in [2.75, 3.05) is 5.73 Å². The van der Waals surface area contributed by atoms with Crippen LogP contribution in [0.5, 0.6) is 0 Å². The lowest BCUT2D eigenvalue weighted by molar-refractivity contribution is 0.930. The van der Waals surface area contributed by atoms with Gasteiger partial charge in [0.2, 0.25) is 0 Å². The van der Waals surface area contributed by atoms with Crippen molar-refractivity contribution in [3.05, 3.63) is 40.3 Å². The van der Waals surface area contributed by atoms with Crippen LogP contribution in [0.4, 0.5) is 5.69 Å². The van der Waals surface area contributed by atoms with Crippen molar-refractivity contribution >= 4 is 17.0 Å². The Morgan fingerprint density at radius 2 is 1.94 bits per heavy atom. The Morgan fingerprint density at radius 1 is 1.28 bits per heavy atom. The molecule has 0 spiro atoms. The lowest BCUT2D eigenvalue weighted by atomic mass is 10.0. The molecule has 3 heteroatoms. The number of benzene rings is 1. The fraction of sp³-hybridized carbons (Fsp3) is 0.267. The summed E-state index contributed by atoms with van der Waals surface area (Å²) in [7, 11) is 0. The minimum atomic E-state index is 0.633. The Hall–Kier alpha value is -1.79. The second kappa shape index (κ2) is 5.24. The van der Waals surface area contributed by atoms with Crippen molar-refractivity contribution in [2.45, 2.75) is 26.7 Å². The van der Waals surface area contributed by atoms with E-state index in [0.717, 1.165) is 28.8 Å². The van der Waals surface area contributed by atoms with E-state index in [4.69, 9.17) is 11.0 Å². The highest BCUT2D eigenvalue weighted by atomic mass is 32.1. The molecule has 0 aliphatic carbocycles. The summed E-state index contributed by atoms with van der Waals surface area (Å²) >= 11 is 1.50. The lowest BCUT2D eigenvalue weighted by Crippen LogP contribution is -1.93. The highest BCUT2D eigenvalue weighted by Gasteiger charge is 2.16. The van der Waals surface area contributed by atoms with E-state index in [1.807, 2.05) is 0 Å². The largest absolute Gasteiger partial charge is 0.397 e. The molecule has 0 atom stereocenters. The molecule has 0 radical (unpaired) electrons. The Bertz CT molecular complexity index is 588. The van der Waals surface area contributed by atoms with Crippen LogP contribution in [0.15, 0.2) is 24.3 Å². The minimum Gasteiger partial charge on any atom is -0.397 e. The van der Waals surface area contributed by atoms with E-state index in [1.54, 1.807) is 0 Å². The van der Waals surface area contributed by atoms with Crippen LogP contribution < -0.4 is 5.73 Å². The van der Waals surface area contributed by atoms with Crippen LogP contribution >= 0.6 is 11.3 Å². The van der Waals surface area contributed by atoms with Crippen LogP contribution in [0.1, 0.15) is 29.3 Å². The fourth-order valence-corrected chi connectivity index (χ4v) is 3.07. The number of thiophene rings is 1. The fourth-order valence-electron chi connectivity index (χ4n) is 2.00. The number of nitrogens with zero attached hydrogens (tertiary/aromatic N) is 1. The van der Waals surface area contributed by atoms with E-state index in [1.165, 1.54) is 16.9 Å². The molecule has 2 rings (SSSR count). The first-order valence-electron chi connectivity index (χ1n) is 6.05. The molecule has 2 nitrogen and oxygen atoms in total. The van der Waals surface area contributed by atoms with Crippen molar-refractivity contribution in [1.29, 1.82) is 5.26 Å². The van der Waals surface area contributed by atoms with Gasteiger partial charge in [0.05, 0.1) is 5.69 Å². The van der Waals surface area contributed by atoms with E-state index < -0.39 is 0 Å².